The van der Waals surface area contributed by atoms with E-state index in [1.165, 1.54) is 19.1 Å². The largest absolute Gasteiger partial charge is 0.366 e. The normalized spacial score (nSPS) is 16.7. The van der Waals surface area contributed by atoms with E-state index in [1.807, 2.05) is 4.90 Å². The molecule has 6 heteroatoms. The van der Waals surface area contributed by atoms with Crippen LogP contribution in [0.15, 0.2) is 24.4 Å². The molecule has 0 bridgehead atoms. The Hall–Kier alpha value is -1.95. The van der Waals surface area contributed by atoms with Crippen molar-refractivity contribution in [3.05, 3.63) is 47.2 Å². The SMILES string of the molecule is C=C(CC(N)Cc1cc(F)c(C)cc1F)N1CCCNC(=O)C1. The molecule has 1 aliphatic heterocycles. The smallest absolute Gasteiger partial charge is 0.239 e. The molecule has 1 aromatic rings. The maximum atomic E-state index is 13.9. The zero-order valence-electron chi connectivity index (χ0n) is 13.4. The molecular weight excluding hydrogens is 300 g/mol. The molecule has 23 heavy (non-hydrogen) atoms. The van der Waals surface area contributed by atoms with Crippen LogP contribution in [0.4, 0.5) is 8.78 Å². The van der Waals surface area contributed by atoms with Gasteiger partial charge in [-0.25, -0.2) is 8.78 Å². The Labute approximate surface area is 135 Å². The lowest BCUT2D eigenvalue weighted by molar-refractivity contribution is -0.121. The van der Waals surface area contributed by atoms with Crippen molar-refractivity contribution in [1.29, 1.82) is 0 Å². The maximum Gasteiger partial charge on any atom is 0.239 e. The number of benzene rings is 1. The molecule has 3 N–H and O–H groups in total. The summed E-state index contributed by atoms with van der Waals surface area (Å²) in [6.45, 7) is 7.16. The van der Waals surface area contributed by atoms with Crippen molar-refractivity contribution in [3.63, 3.8) is 0 Å². The van der Waals surface area contributed by atoms with Gasteiger partial charge in [0.2, 0.25) is 5.91 Å². The van der Waals surface area contributed by atoms with E-state index in [4.69, 9.17) is 5.73 Å². The van der Waals surface area contributed by atoms with Crippen LogP contribution in [-0.4, -0.2) is 36.5 Å². The molecule has 126 valence electrons. The first-order chi connectivity index (χ1) is 10.9. The van der Waals surface area contributed by atoms with Crippen molar-refractivity contribution in [2.24, 2.45) is 5.73 Å². The minimum absolute atomic E-state index is 0.0381. The number of rotatable bonds is 5. The lowest BCUT2D eigenvalue weighted by Crippen LogP contribution is -2.35. The van der Waals surface area contributed by atoms with E-state index in [0.29, 0.717) is 13.0 Å². The lowest BCUT2D eigenvalue weighted by atomic mass is 10.0. The number of hydrogen-bond donors (Lipinski definition) is 2. The average Bonchev–Trinajstić information content (AvgIpc) is 2.69. The standard InChI is InChI=1S/C17H23F2N3O/c1-11-6-16(19)13(9-15(11)18)8-14(20)7-12(2)22-5-3-4-21-17(23)10-22/h6,9,14H,2-5,7-8,10,20H2,1H3,(H,21,23). The molecular formula is C17H23F2N3O. The van der Waals surface area contributed by atoms with Crippen LogP contribution < -0.4 is 11.1 Å². The van der Waals surface area contributed by atoms with Gasteiger partial charge in [-0.15, -0.1) is 0 Å². The van der Waals surface area contributed by atoms with Gasteiger partial charge in [0.05, 0.1) is 6.54 Å². The highest BCUT2D eigenvalue weighted by Gasteiger charge is 2.18. The number of nitrogens with one attached hydrogen (secondary N) is 1. The van der Waals surface area contributed by atoms with Crippen molar-refractivity contribution >= 4 is 5.91 Å². The van der Waals surface area contributed by atoms with Gasteiger partial charge in [-0.1, -0.05) is 6.58 Å². The van der Waals surface area contributed by atoms with Crippen molar-refractivity contribution in [3.8, 4) is 0 Å². The molecule has 0 aromatic heterocycles. The number of nitrogens with zero attached hydrogens (tertiary/aromatic N) is 1. The van der Waals surface area contributed by atoms with Crippen molar-refractivity contribution < 1.29 is 13.6 Å². The Morgan fingerprint density at radius 3 is 2.91 bits per heavy atom. The molecule has 1 saturated heterocycles. The molecule has 1 unspecified atom stereocenters. The van der Waals surface area contributed by atoms with E-state index in [0.717, 1.165) is 18.7 Å². The summed E-state index contributed by atoms with van der Waals surface area (Å²) in [7, 11) is 0. The van der Waals surface area contributed by atoms with Crippen LogP contribution >= 0.6 is 0 Å². The second-order valence-electron chi connectivity index (χ2n) is 6.05. The number of nitrogens with two attached hydrogens (primary N) is 1. The highest BCUT2D eigenvalue weighted by molar-refractivity contribution is 5.78. The van der Waals surface area contributed by atoms with Gasteiger partial charge in [0.25, 0.3) is 0 Å². The number of halogens is 2. The Balaban J connectivity index is 1.96. The number of carbonyl (C=O) groups excluding carboxylic acids is 1. The van der Waals surface area contributed by atoms with E-state index in [2.05, 4.69) is 11.9 Å². The van der Waals surface area contributed by atoms with Crippen LogP contribution in [0.25, 0.3) is 0 Å². The van der Waals surface area contributed by atoms with Crippen LogP contribution in [-0.2, 0) is 11.2 Å². The summed E-state index contributed by atoms with van der Waals surface area (Å²) in [6.07, 6.45) is 1.50. The summed E-state index contributed by atoms with van der Waals surface area (Å²) in [4.78, 5) is 13.5. The van der Waals surface area contributed by atoms with Crippen LogP contribution in [0.5, 0.6) is 0 Å². The van der Waals surface area contributed by atoms with Crippen LogP contribution in [0.1, 0.15) is 24.0 Å². The third kappa shape index (κ3) is 4.76. The van der Waals surface area contributed by atoms with Crippen molar-refractivity contribution in [2.75, 3.05) is 19.6 Å². The summed E-state index contributed by atoms with van der Waals surface area (Å²) in [5.74, 6) is -0.917. The van der Waals surface area contributed by atoms with Crippen LogP contribution in [0, 0.1) is 18.6 Å². The molecule has 1 heterocycles. The van der Waals surface area contributed by atoms with Gasteiger partial charge in [-0.2, -0.15) is 0 Å². The zero-order valence-corrected chi connectivity index (χ0v) is 13.4. The first-order valence-electron chi connectivity index (χ1n) is 7.76. The monoisotopic (exact) mass is 323 g/mol. The Morgan fingerprint density at radius 1 is 1.43 bits per heavy atom. The fraction of sp³-hybridized carbons (Fsp3) is 0.471. The lowest BCUT2D eigenvalue weighted by Gasteiger charge is -2.26. The van der Waals surface area contributed by atoms with E-state index in [-0.39, 0.29) is 36.0 Å². The van der Waals surface area contributed by atoms with Gasteiger partial charge in [0, 0.05) is 31.2 Å². The zero-order chi connectivity index (χ0) is 17.0. The summed E-state index contributed by atoms with van der Waals surface area (Å²) < 4.78 is 27.5. The Morgan fingerprint density at radius 2 is 2.17 bits per heavy atom. The van der Waals surface area contributed by atoms with E-state index in [1.54, 1.807) is 0 Å². The molecule has 0 saturated carbocycles. The van der Waals surface area contributed by atoms with Gasteiger partial charge in [0.15, 0.2) is 0 Å². The second kappa shape index (κ2) is 7.55. The number of hydrogen-bond acceptors (Lipinski definition) is 3. The third-order valence-corrected chi connectivity index (χ3v) is 4.02. The second-order valence-corrected chi connectivity index (χ2v) is 6.05. The third-order valence-electron chi connectivity index (χ3n) is 4.02. The van der Waals surface area contributed by atoms with Gasteiger partial charge in [-0.3, -0.25) is 4.79 Å². The Kier molecular flexibility index (Phi) is 5.71. The average molecular weight is 323 g/mol. The number of aryl methyl sites for hydroxylation is 1. The minimum atomic E-state index is -0.445. The first kappa shape index (κ1) is 17.4. The minimum Gasteiger partial charge on any atom is -0.366 e. The molecule has 4 nitrogen and oxygen atoms in total. The van der Waals surface area contributed by atoms with Crippen molar-refractivity contribution in [2.45, 2.75) is 32.2 Å². The highest BCUT2D eigenvalue weighted by atomic mass is 19.1. The van der Waals surface area contributed by atoms with E-state index < -0.39 is 11.6 Å². The van der Waals surface area contributed by atoms with Crippen LogP contribution in [0.3, 0.4) is 0 Å². The molecule has 2 rings (SSSR count). The van der Waals surface area contributed by atoms with Gasteiger partial charge < -0.3 is 16.0 Å². The molecule has 1 atom stereocenters. The number of amides is 1. The van der Waals surface area contributed by atoms with Crippen molar-refractivity contribution in [1.82, 2.24) is 10.2 Å². The fourth-order valence-corrected chi connectivity index (χ4v) is 2.71. The predicted octanol–water partition coefficient (Wildman–Crippen LogP) is 1.87. The molecule has 0 aliphatic carbocycles. The van der Waals surface area contributed by atoms with Gasteiger partial charge in [-0.05, 0) is 43.0 Å². The fourth-order valence-electron chi connectivity index (χ4n) is 2.71. The molecule has 1 fully saturated rings. The summed E-state index contributed by atoms with van der Waals surface area (Å²) in [5.41, 5.74) is 7.36. The van der Waals surface area contributed by atoms with E-state index in [9.17, 15) is 13.6 Å². The maximum absolute atomic E-state index is 13.9. The van der Waals surface area contributed by atoms with Gasteiger partial charge >= 0.3 is 0 Å². The van der Waals surface area contributed by atoms with Gasteiger partial charge in [0.1, 0.15) is 11.6 Å². The molecule has 1 aromatic carbocycles. The molecule has 0 radical (unpaired) electrons. The topological polar surface area (TPSA) is 58.4 Å². The first-order valence-corrected chi connectivity index (χ1v) is 7.76. The van der Waals surface area contributed by atoms with Crippen LogP contribution in [0.2, 0.25) is 0 Å². The molecule has 0 spiro atoms. The van der Waals surface area contributed by atoms with E-state index >= 15 is 0 Å². The summed E-state index contributed by atoms with van der Waals surface area (Å²) in [5, 5.41) is 2.80. The number of carbonyl (C=O) groups is 1. The predicted molar refractivity (Wildman–Crippen MR) is 85.7 cm³/mol. The molecule has 1 aliphatic rings. The summed E-state index contributed by atoms with van der Waals surface area (Å²) in [6, 6.07) is 2.00. The molecule has 1 amide bonds. The quantitative estimate of drug-likeness (QED) is 0.870. The highest BCUT2D eigenvalue weighted by Crippen LogP contribution is 2.18. The summed E-state index contributed by atoms with van der Waals surface area (Å²) >= 11 is 0. The Bertz CT molecular complexity index is 604.